The molecule has 2 amide bonds. The Balaban J connectivity index is 1.68. The van der Waals surface area contributed by atoms with E-state index in [1.165, 1.54) is 16.9 Å². The van der Waals surface area contributed by atoms with E-state index in [1.807, 2.05) is 62.4 Å². The molecule has 34 heavy (non-hydrogen) atoms. The van der Waals surface area contributed by atoms with Crippen LogP contribution in [0, 0.1) is 5.92 Å². The SMILES string of the molecule is CCCCc1ccc(C(=O)NC(C(=O)Nc2nnc(-c3cccc(OC)c3)s2)C(C)CC)cc1. The molecule has 3 rings (SSSR count). The Morgan fingerprint density at radius 3 is 2.53 bits per heavy atom. The third kappa shape index (κ3) is 6.63. The molecule has 0 saturated carbocycles. The second-order valence-electron chi connectivity index (χ2n) is 8.27. The Morgan fingerprint density at radius 1 is 1.09 bits per heavy atom. The second-order valence-corrected chi connectivity index (χ2v) is 9.25. The average Bonchev–Trinajstić information content (AvgIpc) is 3.34. The van der Waals surface area contributed by atoms with Crippen molar-refractivity contribution in [1.29, 1.82) is 0 Å². The maximum absolute atomic E-state index is 13.1. The number of nitrogens with zero attached hydrogens (tertiary/aromatic N) is 2. The molecule has 0 aliphatic rings. The summed E-state index contributed by atoms with van der Waals surface area (Å²) in [7, 11) is 1.61. The second kappa shape index (κ2) is 12.3. The molecule has 8 heteroatoms. The van der Waals surface area contributed by atoms with Crippen LogP contribution >= 0.6 is 11.3 Å². The van der Waals surface area contributed by atoms with Gasteiger partial charge in [0.1, 0.15) is 16.8 Å². The van der Waals surface area contributed by atoms with Crippen LogP contribution in [0.1, 0.15) is 56.0 Å². The van der Waals surface area contributed by atoms with Gasteiger partial charge in [-0.15, -0.1) is 10.2 Å². The number of anilines is 1. The van der Waals surface area contributed by atoms with Crippen molar-refractivity contribution in [3.63, 3.8) is 0 Å². The molecule has 2 aromatic carbocycles. The highest BCUT2D eigenvalue weighted by molar-refractivity contribution is 7.18. The number of aromatic nitrogens is 2. The first kappa shape index (κ1) is 25.4. The van der Waals surface area contributed by atoms with Crippen LogP contribution in [0.25, 0.3) is 10.6 Å². The zero-order valence-electron chi connectivity index (χ0n) is 20.1. The number of unbranched alkanes of at least 4 members (excludes halogenated alkanes) is 1. The molecule has 0 radical (unpaired) electrons. The third-order valence-electron chi connectivity index (χ3n) is 5.79. The van der Waals surface area contributed by atoms with Crippen LogP contribution in [0.2, 0.25) is 0 Å². The molecule has 0 bridgehead atoms. The molecule has 7 nitrogen and oxygen atoms in total. The molecule has 180 valence electrons. The number of benzene rings is 2. The fraction of sp³-hybridized carbons (Fsp3) is 0.385. The summed E-state index contributed by atoms with van der Waals surface area (Å²) in [6.45, 7) is 6.09. The van der Waals surface area contributed by atoms with Gasteiger partial charge in [0.15, 0.2) is 0 Å². The maximum Gasteiger partial charge on any atom is 0.251 e. The van der Waals surface area contributed by atoms with Crippen molar-refractivity contribution in [1.82, 2.24) is 15.5 Å². The van der Waals surface area contributed by atoms with E-state index in [0.717, 1.165) is 37.0 Å². The monoisotopic (exact) mass is 480 g/mol. The maximum atomic E-state index is 13.1. The van der Waals surface area contributed by atoms with Gasteiger partial charge in [0.2, 0.25) is 11.0 Å². The molecule has 1 aromatic heterocycles. The van der Waals surface area contributed by atoms with E-state index in [0.29, 0.717) is 15.7 Å². The predicted octanol–water partition coefficient (Wildman–Crippen LogP) is 5.34. The summed E-state index contributed by atoms with van der Waals surface area (Å²) < 4.78 is 5.26. The fourth-order valence-corrected chi connectivity index (χ4v) is 4.20. The lowest BCUT2D eigenvalue weighted by Crippen LogP contribution is -2.47. The van der Waals surface area contributed by atoms with Crippen LogP contribution < -0.4 is 15.4 Å². The van der Waals surface area contributed by atoms with Crippen LogP contribution in [0.15, 0.2) is 48.5 Å². The van der Waals surface area contributed by atoms with Crippen LogP contribution in [0.3, 0.4) is 0 Å². The number of hydrogen-bond donors (Lipinski definition) is 2. The summed E-state index contributed by atoms with van der Waals surface area (Å²) in [5, 5.41) is 15.1. The number of methoxy groups -OCH3 is 1. The summed E-state index contributed by atoms with van der Waals surface area (Å²) in [6, 6.07) is 14.4. The molecular weight excluding hydrogens is 448 g/mol. The van der Waals surface area contributed by atoms with Gasteiger partial charge in [-0.3, -0.25) is 14.9 Å². The summed E-state index contributed by atoms with van der Waals surface area (Å²) in [5.74, 6) is 0.0854. The van der Waals surface area contributed by atoms with Crippen molar-refractivity contribution >= 4 is 28.3 Å². The minimum Gasteiger partial charge on any atom is -0.497 e. The number of aryl methyl sites for hydroxylation is 1. The molecule has 0 aliphatic heterocycles. The van der Waals surface area contributed by atoms with Crippen molar-refractivity contribution in [2.75, 3.05) is 12.4 Å². The van der Waals surface area contributed by atoms with Gasteiger partial charge in [0, 0.05) is 11.1 Å². The topological polar surface area (TPSA) is 93.2 Å². The molecule has 3 aromatic rings. The quantitative estimate of drug-likeness (QED) is 0.386. The van der Waals surface area contributed by atoms with E-state index < -0.39 is 6.04 Å². The minimum absolute atomic E-state index is 0.0569. The van der Waals surface area contributed by atoms with Crippen LogP contribution in [-0.4, -0.2) is 35.2 Å². The van der Waals surface area contributed by atoms with Gasteiger partial charge in [0.25, 0.3) is 5.91 Å². The van der Waals surface area contributed by atoms with E-state index in [-0.39, 0.29) is 17.7 Å². The average molecular weight is 481 g/mol. The highest BCUT2D eigenvalue weighted by atomic mass is 32.1. The van der Waals surface area contributed by atoms with Crippen molar-refractivity contribution in [3.05, 3.63) is 59.7 Å². The predicted molar refractivity (Wildman–Crippen MR) is 136 cm³/mol. The first-order valence-corrected chi connectivity index (χ1v) is 12.4. The molecule has 1 heterocycles. The van der Waals surface area contributed by atoms with Gasteiger partial charge in [0.05, 0.1) is 7.11 Å². The summed E-state index contributed by atoms with van der Waals surface area (Å²) >= 11 is 1.27. The number of carbonyl (C=O) groups excluding carboxylic acids is 2. The van der Waals surface area contributed by atoms with E-state index in [9.17, 15) is 9.59 Å². The highest BCUT2D eigenvalue weighted by Gasteiger charge is 2.27. The zero-order chi connectivity index (χ0) is 24.5. The largest absolute Gasteiger partial charge is 0.497 e. The Kier molecular flexibility index (Phi) is 9.16. The molecule has 2 atom stereocenters. The number of nitrogens with one attached hydrogen (secondary N) is 2. The van der Waals surface area contributed by atoms with Crippen LogP contribution in [0.5, 0.6) is 5.75 Å². The molecule has 0 fully saturated rings. The molecule has 2 N–H and O–H groups in total. The molecular formula is C26H32N4O3S. The Labute approximate surface area is 205 Å². The van der Waals surface area contributed by atoms with Crippen LogP contribution in [0.4, 0.5) is 5.13 Å². The molecule has 2 unspecified atom stereocenters. The summed E-state index contributed by atoms with van der Waals surface area (Å²) in [4.78, 5) is 26.0. The third-order valence-corrected chi connectivity index (χ3v) is 6.68. The van der Waals surface area contributed by atoms with E-state index in [2.05, 4.69) is 27.8 Å². The number of amides is 2. The lowest BCUT2D eigenvalue weighted by molar-refractivity contribution is -0.119. The number of ether oxygens (including phenoxy) is 1. The van der Waals surface area contributed by atoms with Gasteiger partial charge in [-0.05, 0) is 48.6 Å². The Hall–Kier alpha value is -3.26. The lowest BCUT2D eigenvalue weighted by atomic mass is 9.97. The minimum atomic E-state index is -0.693. The fourth-order valence-electron chi connectivity index (χ4n) is 3.46. The van der Waals surface area contributed by atoms with Crippen molar-refractivity contribution in [2.24, 2.45) is 5.92 Å². The van der Waals surface area contributed by atoms with Crippen LogP contribution in [-0.2, 0) is 11.2 Å². The Bertz CT molecular complexity index is 1100. The summed E-state index contributed by atoms with van der Waals surface area (Å²) in [5.41, 5.74) is 2.60. The van der Waals surface area contributed by atoms with Gasteiger partial charge in [-0.2, -0.15) is 0 Å². The van der Waals surface area contributed by atoms with Gasteiger partial charge in [-0.1, -0.05) is 69.2 Å². The molecule has 0 spiro atoms. The Morgan fingerprint density at radius 2 is 1.85 bits per heavy atom. The van der Waals surface area contributed by atoms with E-state index in [1.54, 1.807) is 7.11 Å². The van der Waals surface area contributed by atoms with Gasteiger partial charge < -0.3 is 10.1 Å². The lowest BCUT2D eigenvalue weighted by Gasteiger charge is -2.23. The zero-order valence-corrected chi connectivity index (χ0v) is 20.9. The van der Waals surface area contributed by atoms with Crippen molar-refractivity contribution in [3.8, 4) is 16.3 Å². The number of rotatable bonds is 11. The van der Waals surface area contributed by atoms with Crippen molar-refractivity contribution in [2.45, 2.75) is 52.5 Å². The van der Waals surface area contributed by atoms with Gasteiger partial charge in [-0.25, -0.2) is 0 Å². The normalized spacial score (nSPS) is 12.6. The highest BCUT2D eigenvalue weighted by Crippen LogP contribution is 2.29. The number of carbonyl (C=O) groups is 2. The summed E-state index contributed by atoms with van der Waals surface area (Å²) in [6.07, 6.45) is 3.98. The van der Waals surface area contributed by atoms with Crippen molar-refractivity contribution < 1.29 is 14.3 Å². The first-order valence-electron chi connectivity index (χ1n) is 11.6. The van der Waals surface area contributed by atoms with E-state index >= 15 is 0 Å². The molecule has 0 saturated heterocycles. The first-order chi connectivity index (χ1) is 16.4. The standard InChI is InChI=1S/C26H32N4O3S/c1-5-7-9-18-12-14-19(15-13-18)23(31)27-22(17(3)6-2)24(32)28-26-30-29-25(34-26)20-10-8-11-21(16-20)33-4/h8,10-17,22H,5-7,9H2,1-4H3,(H,27,31)(H,28,30,32). The molecule has 0 aliphatic carbocycles. The van der Waals surface area contributed by atoms with Gasteiger partial charge >= 0.3 is 0 Å². The smallest absolute Gasteiger partial charge is 0.251 e. The van der Waals surface area contributed by atoms with E-state index in [4.69, 9.17) is 4.74 Å². The number of hydrogen-bond acceptors (Lipinski definition) is 6.